The molecule has 23 heavy (non-hydrogen) atoms. The van der Waals surface area contributed by atoms with E-state index in [1.165, 1.54) is 22.7 Å². The van der Waals surface area contributed by atoms with Crippen LogP contribution in [0.2, 0.25) is 0 Å². The van der Waals surface area contributed by atoms with Crippen LogP contribution >= 0.6 is 11.3 Å². The summed E-state index contributed by atoms with van der Waals surface area (Å²) < 4.78 is 0. The molecule has 1 aromatic rings. The number of carbonyl (C=O) groups is 2. The lowest BCUT2D eigenvalue weighted by Gasteiger charge is -2.33. The second kappa shape index (κ2) is 6.48. The second-order valence-electron chi connectivity index (χ2n) is 7.01. The largest absolute Gasteiger partial charge is 0.366 e. The monoisotopic (exact) mass is 332 g/mol. The highest BCUT2D eigenvalue weighted by Crippen LogP contribution is 2.35. The first kappa shape index (κ1) is 16.2. The molecule has 0 radical (unpaired) electrons. The van der Waals surface area contributed by atoms with E-state index in [0.29, 0.717) is 23.7 Å². The molecule has 2 amide bonds. The van der Waals surface area contributed by atoms with E-state index in [4.69, 9.17) is 0 Å². The molecule has 1 saturated heterocycles. The smallest absolute Gasteiger partial charge is 0.277 e. The molecule has 1 atom stereocenters. The Morgan fingerprint density at radius 1 is 1.30 bits per heavy atom. The van der Waals surface area contributed by atoms with E-state index < -0.39 is 0 Å². The van der Waals surface area contributed by atoms with Gasteiger partial charge in [-0.3, -0.25) is 14.5 Å². The highest BCUT2D eigenvalue weighted by molar-refractivity contribution is 7.11. The highest BCUT2D eigenvalue weighted by atomic mass is 32.1. The van der Waals surface area contributed by atoms with Gasteiger partial charge in [0.2, 0.25) is 0 Å². The molecule has 1 aromatic heterocycles. The molecule has 4 nitrogen and oxygen atoms in total. The lowest BCUT2D eigenvalue weighted by Crippen LogP contribution is -2.40. The SMILES string of the molecule is CC(C)CN1C(=O)C(c2cccs2)=C(N2CCCC(C)C2)C1=O. The normalized spacial score (nSPS) is 22.7. The van der Waals surface area contributed by atoms with Gasteiger partial charge in [-0.05, 0) is 36.1 Å². The Kier molecular flexibility index (Phi) is 4.57. The molecule has 1 fully saturated rings. The summed E-state index contributed by atoms with van der Waals surface area (Å²) in [6.45, 7) is 8.49. The van der Waals surface area contributed by atoms with Gasteiger partial charge in [0.1, 0.15) is 5.70 Å². The van der Waals surface area contributed by atoms with Crippen molar-refractivity contribution in [2.24, 2.45) is 11.8 Å². The van der Waals surface area contributed by atoms with Crippen molar-refractivity contribution in [1.82, 2.24) is 9.80 Å². The number of rotatable bonds is 4. The van der Waals surface area contributed by atoms with Crippen molar-refractivity contribution < 1.29 is 9.59 Å². The number of thiophene rings is 1. The van der Waals surface area contributed by atoms with Crippen LogP contribution < -0.4 is 0 Å². The molecule has 0 saturated carbocycles. The van der Waals surface area contributed by atoms with Crippen LogP contribution in [0.5, 0.6) is 0 Å². The van der Waals surface area contributed by atoms with E-state index in [0.717, 1.165) is 24.4 Å². The van der Waals surface area contributed by atoms with Gasteiger partial charge in [-0.25, -0.2) is 0 Å². The van der Waals surface area contributed by atoms with E-state index >= 15 is 0 Å². The number of amides is 2. The summed E-state index contributed by atoms with van der Waals surface area (Å²) in [6, 6.07) is 3.88. The molecule has 0 N–H and O–H groups in total. The summed E-state index contributed by atoms with van der Waals surface area (Å²) in [4.78, 5) is 30.4. The summed E-state index contributed by atoms with van der Waals surface area (Å²) in [7, 11) is 0. The second-order valence-corrected chi connectivity index (χ2v) is 7.96. The first-order valence-corrected chi connectivity index (χ1v) is 9.26. The quantitative estimate of drug-likeness (QED) is 0.795. The average Bonchev–Trinajstić information content (AvgIpc) is 3.09. The van der Waals surface area contributed by atoms with Gasteiger partial charge in [0, 0.05) is 24.5 Å². The molecule has 3 heterocycles. The first-order valence-electron chi connectivity index (χ1n) is 8.38. The van der Waals surface area contributed by atoms with E-state index in [-0.39, 0.29) is 17.7 Å². The van der Waals surface area contributed by atoms with Crippen molar-refractivity contribution in [3.8, 4) is 0 Å². The van der Waals surface area contributed by atoms with Gasteiger partial charge >= 0.3 is 0 Å². The third-order valence-electron chi connectivity index (χ3n) is 4.43. The van der Waals surface area contributed by atoms with Gasteiger partial charge < -0.3 is 4.90 Å². The zero-order chi connectivity index (χ0) is 16.6. The molecular weight excluding hydrogens is 308 g/mol. The lowest BCUT2D eigenvalue weighted by molar-refractivity contribution is -0.138. The van der Waals surface area contributed by atoms with Crippen LogP contribution in [0.25, 0.3) is 5.57 Å². The number of piperidine rings is 1. The molecule has 0 aliphatic carbocycles. The number of carbonyl (C=O) groups excluding carboxylic acids is 2. The van der Waals surface area contributed by atoms with Gasteiger partial charge in [0.25, 0.3) is 11.8 Å². The molecule has 0 bridgehead atoms. The Morgan fingerprint density at radius 3 is 2.70 bits per heavy atom. The van der Waals surface area contributed by atoms with Gasteiger partial charge in [0.05, 0.1) is 5.57 Å². The van der Waals surface area contributed by atoms with Crippen LogP contribution in [0.3, 0.4) is 0 Å². The maximum atomic E-state index is 13.0. The summed E-state index contributed by atoms with van der Waals surface area (Å²) >= 11 is 1.53. The Labute approximate surface area is 141 Å². The minimum Gasteiger partial charge on any atom is -0.366 e. The fraction of sp³-hybridized carbons (Fsp3) is 0.556. The van der Waals surface area contributed by atoms with Crippen LogP contribution in [-0.4, -0.2) is 41.2 Å². The van der Waals surface area contributed by atoms with Crippen LogP contribution in [0, 0.1) is 11.8 Å². The molecule has 0 spiro atoms. The van der Waals surface area contributed by atoms with E-state index in [9.17, 15) is 9.59 Å². The third kappa shape index (κ3) is 3.07. The molecule has 2 aliphatic rings. The Bertz CT molecular complexity index is 633. The van der Waals surface area contributed by atoms with Crippen molar-refractivity contribution in [2.75, 3.05) is 19.6 Å². The summed E-state index contributed by atoms with van der Waals surface area (Å²) in [6.07, 6.45) is 2.27. The Balaban J connectivity index is 2.01. The van der Waals surface area contributed by atoms with Gasteiger partial charge in [0.15, 0.2) is 0 Å². The fourth-order valence-electron chi connectivity index (χ4n) is 3.42. The number of hydrogen-bond donors (Lipinski definition) is 0. The van der Waals surface area contributed by atoms with Crippen molar-refractivity contribution in [3.05, 3.63) is 28.1 Å². The van der Waals surface area contributed by atoms with Crippen LogP contribution in [-0.2, 0) is 9.59 Å². The highest BCUT2D eigenvalue weighted by Gasteiger charge is 2.42. The lowest BCUT2D eigenvalue weighted by atomic mass is 9.99. The van der Waals surface area contributed by atoms with Crippen molar-refractivity contribution in [1.29, 1.82) is 0 Å². The average molecular weight is 332 g/mol. The third-order valence-corrected chi connectivity index (χ3v) is 5.32. The van der Waals surface area contributed by atoms with E-state index in [1.807, 2.05) is 31.4 Å². The molecule has 124 valence electrons. The van der Waals surface area contributed by atoms with Crippen molar-refractivity contribution in [3.63, 3.8) is 0 Å². The number of hydrogen-bond acceptors (Lipinski definition) is 4. The zero-order valence-corrected chi connectivity index (χ0v) is 14.9. The van der Waals surface area contributed by atoms with Crippen molar-refractivity contribution >= 4 is 28.7 Å². The Morgan fingerprint density at radius 2 is 2.09 bits per heavy atom. The summed E-state index contributed by atoms with van der Waals surface area (Å²) in [5.74, 6) is 0.593. The van der Waals surface area contributed by atoms with Gasteiger partial charge in [-0.15, -0.1) is 11.3 Å². The van der Waals surface area contributed by atoms with Gasteiger partial charge in [-0.1, -0.05) is 26.8 Å². The predicted octanol–water partition coefficient (Wildman–Crippen LogP) is 3.22. The molecule has 5 heteroatoms. The number of nitrogens with zero attached hydrogens (tertiary/aromatic N) is 2. The summed E-state index contributed by atoms with van der Waals surface area (Å²) in [5.41, 5.74) is 1.24. The van der Waals surface area contributed by atoms with Crippen LogP contribution in [0.15, 0.2) is 23.2 Å². The fourth-order valence-corrected chi connectivity index (χ4v) is 4.19. The van der Waals surface area contributed by atoms with E-state index in [1.54, 1.807) is 0 Å². The molecule has 1 unspecified atom stereocenters. The van der Waals surface area contributed by atoms with Crippen molar-refractivity contribution in [2.45, 2.75) is 33.6 Å². The van der Waals surface area contributed by atoms with Crippen LogP contribution in [0.4, 0.5) is 0 Å². The standard InChI is InChI=1S/C18H24N2O2S/c1-12(2)10-20-17(21)15(14-7-5-9-23-14)16(18(20)22)19-8-4-6-13(3)11-19/h5,7,9,12-13H,4,6,8,10-11H2,1-3H3. The molecule has 2 aliphatic heterocycles. The minimum atomic E-state index is -0.126. The summed E-state index contributed by atoms with van der Waals surface area (Å²) in [5, 5.41) is 1.96. The topological polar surface area (TPSA) is 40.6 Å². The molecule has 0 aromatic carbocycles. The van der Waals surface area contributed by atoms with E-state index in [2.05, 4.69) is 11.8 Å². The van der Waals surface area contributed by atoms with Gasteiger partial charge in [-0.2, -0.15) is 0 Å². The number of likely N-dealkylation sites (tertiary alicyclic amines) is 1. The molecule has 3 rings (SSSR count). The predicted molar refractivity (Wildman–Crippen MR) is 92.8 cm³/mol. The molecular formula is C18H24N2O2S. The number of imide groups is 1. The zero-order valence-electron chi connectivity index (χ0n) is 14.0. The maximum Gasteiger partial charge on any atom is 0.277 e. The first-order chi connectivity index (χ1) is 11.0. The minimum absolute atomic E-state index is 0.110. The maximum absolute atomic E-state index is 13.0. The Hall–Kier alpha value is -1.62. The van der Waals surface area contributed by atoms with Crippen LogP contribution in [0.1, 0.15) is 38.5 Å².